The van der Waals surface area contributed by atoms with Crippen LogP contribution in [0.15, 0.2) is 12.2 Å². The van der Waals surface area contributed by atoms with Gasteiger partial charge in [-0.3, -0.25) is 0 Å². The maximum atomic E-state index is 9.02. The van der Waals surface area contributed by atoms with Gasteiger partial charge in [-0.25, -0.2) is 0 Å². The molecule has 1 saturated heterocycles. The van der Waals surface area contributed by atoms with Crippen LogP contribution in [0.5, 0.6) is 0 Å². The normalized spacial score (nSPS) is 47.1. The molecule has 0 amide bonds. The molecule has 11 heavy (non-hydrogen) atoms. The molecule has 1 fully saturated rings. The molecule has 4 atom stereocenters. The number of hydrogen-bond acceptors (Lipinski definition) is 3. The first kappa shape index (κ1) is 7.28. The van der Waals surface area contributed by atoms with E-state index in [4.69, 9.17) is 15.6 Å². The lowest BCUT2D eigenvalue weighted by molar-refractivity contribution is 0.0939. The molecule has 0 aromatic rings. The van der Waals surface area contributed by atoms with Gasteiger partial charge in [-0.05, 0) is 6.54 Å². The SMILES string of the molecule is NC[C@H]1[C@@H](CO)[C@@H]2C=C[C@H]1O2. The number of fused-ring (bicyclic) bond motifs is 2. The minimum absolute atomic E-state index is 0.124. The number of ether oxygens (including phenoxy) is 1. The zero-order chi connectivity index (χ0) is 7.84. The molecule has 3 nitrogen and oxygen atoms in total. The summed E-state index contributed by atoms with van der Waals surface area (Å²) in [4.78, 5) is 0. The molecule has 0 aromatic heterocycles. The molecule has 3 N–H and O–H groups in total. The van der Waals surface area contributed by atoms with Gasteiger partial charge in [0.05, 0.1) is 12.2 Å². The Hall–Kier alpha value is -0.380. The van der Waals surface area contributed by atoms with Crippen LogP contribution < -0.4 is 5.73 Å². The van der Waals surface area contributed by atoms with Gasteiger partial charge in [0.2, 0.25) is 0 Å². The summed E-state index contributed by atoms with van der Waals surface area (Å²) in [6.45, 7) is 0.796. The predicted octanol–water partition coefficient (Wildman–Crippen LogP) is -0.493. The van der Waals surface area contributed by atoms with Crippen LogP contribution >= 0.6 is 0 Å². The Kier molecular flexibility index (Phi) is 1.71. The molecule has 0 saturated carbocycles. The Morgan fingerprint density at radius 2 is 1.91 bits per heavy atom. The number of rotatable bonds is 2. The maximum absolute atomic E-state index is 9.02. The first-order valence-corrected chi connectivity index (χ1v) is 4.01. The van der Waals surface area contributed by atoms with Crippen LogP contribution in [0.1, 0.15) is 0 Å². The highest BCUT2D eigenvalue weighted by Gasteiger charge is 2.44. The third kappa shape index (κ3) is 0.922. The molecule has 62 valence electrons. The van der Waals surface area contributed by atoms with Crippen molar-refractivity contribution in [2.45, 2.75) is 12.2 Å². The molecular formula is C8H13NO2. The minimum atomic E-state index is 0.124. The first-order valence-electron chi connectivity index (χ1n) is 4.01. The summed E-state index contributed by atoms with van der Waals surface area (Å²) in [5.41, 5.74) is 5.56. The summed E-state index contributed by atoms with van der Waals surface area (Å²) < 4.78 is 5.53. The van der Waals surface area contributed by atoms with Gasteiger partial charge < -0.3 is 15.6 Å². The van der Waals surface area contributed by atoms with Crippen molar-refractivity contribution in [3.05, 3.63) is 12.2 Å². The lowest BCUT2D eigenvalue weighted by atomic mass is 9.84. The minimum Gasteiger partial charge on any atom is -0.396 e. The Bertz CT molecular complexity index is 163. The van der Waals surface area contributed by atoms with E-state index in [9.17, 15) is 0 Å². The van der Waals surface area contributed by atoms with E-state index in [-0.39, 0.29) is 24.7 Å². The first-order chi connectivity index (χ1) is 5.36. The average molecular weight is 155 g/mol. The molecule has 2 aliphatic heterocycles. The largest absolute Gasteiger partial charge is 0.396 e. The summed E-state index contributed by atoms with van der Waals surface area (Å²) in [5.74, 6) is 0.560. The molecule has 0 radical (unpaired) electrons. The van der Waals surface area contributed by atoms with Gasteiger partial charge in [0, 0.05) is 18.4 Å². The van der Waals surface area contributed by atoms with Gasteiger partial charge in [-0.2, -0.15) is 0 Å². The smallest absolute Gasteiger partial charge is 0.0819 e. The maximum Gasteiger partial charge on any atom is 0.0819 e. The van der Waals surface area contributed by atoms with Gasteiger partial charge in [0.1, 0.15) is 0 Å². The highest BCUT2D eigenvalue weighted by atomic mass is 16.5. The summed E-state index contributed by atoms with van der Waals surface area (Å²) in [6, 6.07) is 0. The van der Waals surface area contributed by atoms with E-state index in [0.29, 0.717) is 12.5 Å². The molecule has 2 heterocycles. The van der Waals surface area contributed by atoms with E-state index in [0.717, 1.165) is 0 Å². The van der Waals surface area contributed by atoms with Crippen LogP contribution in [0.25, 0.3) is 0 Å². The van der Waals surface area contributed by atoms with Crippen molar-refractivity contribution < 1.29 is 9.84 Å². The molecule has 2 bridgehead atoms. The average Bonchev–Trinajstić information content (AvgIpc) is 2.60. The van der Waals surface area contributed by atoms with E-state index in [1.807, 2.05) is 12.2 Å². The van der Waals surface area contributed by atoms with Crippen LogP contribution in [0.4, 0.5) is 0 Å². The molecule has 0 spiro atoms. The monoisotopic (exact) mass is 155 g/mol. The molecule has 0 unspecified atom stereocenters. The van der Waals surface area contributed by atoms with Gasteiger partial charge in [0.15, 0.2) is 0 Å². The van der Waals surface area contributed by atoms with Crippen molar-refractivity contribution in [1.82, 2.24) is 0 Å². The summed E-state index contributed by atoms with van der Waals surface area (Å²) in [7, 11) is 0. The van der Waals surface area contributed by atoms with Crippen molar-refractivity contribution in [3.63, 3.8) is 0 Å². The Balaban J connectivity index is 2.15. The van der Waals surface area contributed by atoms with Crippen LogP contribution in [0, 0.1) is 11.8 Å². The van der Waals surface area contributed by atoms with Crippen molar-refractivity contribution in [3.8, 4) is 0 Å². The zero-order valence-electron chi connectivity index (χ0n) is 6.31. The predicted molar refractivity (Wildman–Crippen MR) is 40.9 cm³/mol. The van der Waals surface area contributed by atoms with E-state index in [2.05, 4.69) is 0 Å². The Labute approximate surface area is 65.8 Å². The van der Waals surface area contributed by atoms with Crippen molar-refractivity contribution in [2.75, 3.05) is 13.2 Å². The van der Waals surface area contributed by atoms with E-state index in [1.165, 1.54) is 0 Å². The highest BCUT2D eigenvalue weighted by Crippen LogP contribution is 2.37. The molecular weight excluding hydrogens is 142 g/mol. The molecule has 0 aromatic carbocycles. The van der Waals surface area contributed by atoms with Crippen molar-refractivity contribution in [2.24, 2.45) is 17.6 Å². The van der Waals surface area contributed by atoms with Crippen molar-refractivity contribution in [1.29, 1.82) is 0 Å². The lowest BCUT2D eigenvalue weighted by Gasteiger charge is -2.21. The zero-order valence-corrected chi connectivity index (χ0v) is 6.31. The fourth-order valence-electron chi connectivity index (χ4n) is 2.01. The van der Waals surface area contributed by atoms with Gasteiger partial charge in [-0.1, -0.05) is 12.2 Å². The fourth-order valence-corrected chi connectivity index (χ4v) is 2.01. The third-order valence-electron chi connectivity index (χ3n) is 2.68. The second-order valence-electron chi connectivity index (χ2n) is 3.20. The van der Waals surface area contributed by atoms with Gasteiger partial charge in [-0.15, -0.1) is 0 Å². The van der Waals surface area contributed by atoms with Crippen LogP contribution in [-0.2, 0) is 4.74 Å². The fraction of sp³-hybridized carbons (Fsp3) is 0.750. The number of hydrogen-bond donors (Lipinski definition) is 2. The van der Waals surface area contributed by atoms with Crippen LogP contribution in [0.2, 0.25) is 0 Å². The second-order valence-corrected chi connectivity index (χ2v) is 3.20. The molecule has 0 aliphatic carbocycles. The highest BCUT2D eigenvalue weighted by molar-refractivity contribution is 5.14. The standard InChI is InChI=1S/C8H13NO2/c9-3-5-6(4-10)8-2-1-7(5)11-8/h1-2,5-8,10H,3-4,9H2/t5-,6+,7+,8-/m0/s1. The quantitative estimate of drug-likeness (QED) is 0.529. The third-order valence-corrected chi connectivity index (χ3v) is 2.68. The molecule has 2 aliphatic rings. The summed E-state index contributed by atoms with van der Waals surface area (Å²) in [5, 5.41) is 9.02. The summed E-state index contributed by atoms with van der Waals surface area (Å²) >= 11 is 0. The Morgan fingerprint density at radius 3 is 2.36 bits per heavy atom. The number of nitrogens with two attached hydrogens (primary N) is 1. The van der Waals surface area contributed by atoms with Gasteiger partial charge in [0.25, 0.3) is 0 Å². The second kappa shape index (κ2) is 2.59. The van der Waals surface area contributed by atoms with E-state index < -0.39 is 0 Å². The Morgan fingerprint density at radius 1 is 1.27 bits per heavy atom. The summed E-state index contributed by atoms with van der Waals surface area (Å²) in [6.07, 6.45) is 4.37. The van der Waals surface area contributed by atoms with E-state index in [1.54, 1.807) is 0 Å². The van der Waals surface area contributed by atoms with Crippen LogP contribution in [0.3, 0.4) is 0 Å². The topological polar surface area (TPSA) is 55.5 Å². The molecule has 3 heteroatoms. The van der Waals surface area contributed by atoms with Gasteiger partial charge >= 0.3 is 0 Å². The van der Waals surface area contributed by atoms with Crippen molar-refractivity contribution >= 4 is 0 Å². The van der Waals surface area contributed by atoms with Crippen LogP contribution in [-0.4, -0.2) is 30.5 Å². The number of aliphatic hydroxyl groups is 1. The van der Waals surface area contributed by atoms with E-state index >= 15 is 0 Å². The number of aliphatic hydroxyl groups excluding tert-OH is 1. The lowest BCUT2D eigenvalue weighted by Crippen LogP contribution is -2.32. The molecule has 2 rings (SSSR count).